The van der Waals surface area contributed by atoms with Gasteiger partial charge in [-0.25, -0.2) is 0 Å². The van der Waals surface area contributed by atoms with Gasteiger partial charge in [0, 0.05) is 25.2 Å². The zero-order valence-electron chi connectivity index (χ0n) is 10.9. The highest BCUT2D eigenvalue weighted by Crippen LogP contribution is 2.20. The van der Waals surface area contributed by atoms with Crippen molar-refractivity contribution in [2.45, 2.75) is 57.7 Å². The number of rotatable bonds is 4. The van der Waals surface area contributed by atoms with E-state index >= 15 is 0 Å². The smallest absolute Gasteiger partial charge is 0.224 e. The molecule has 2 fully saturated rings. The van der Waals surface area contributed by atoms with E-state index in [9.17, 15) is 4.79 Å². The lowest BCUT2D eigenvalue weighted by Gasteiger charge is -2.24. The van der Waals surface area contributed by atoms with Crippen molar-refractivity contribution in [3.63, 3.8) is 0 Å². The number of amides is 1. The Morgan fingerprint density at radius 2 is 2.12 bits per heavy atom. The van der Waals surface area contributed by atoms with Crippen LogP contribution in [0.5, 0.6) is 0 Å². The summed E-state index contributed by atoms with van der Waals surface area (Å²) in [5, 5.41) is 3.59. The van der Waals surface area contributed by atoms with Gasteiger partial charge in [0.2, 0.25) is 5.91 Å². The van der Waals surface area contributed by atoms with E-state index in [1.165, 1.54) is 12.8 Å². The highest BCUT2D eigenvalue weighted by molar-refractivity contribution is 5.76. The first kappa shape index (κ1) is 12.8. The van der Waals surface area contributed by atoms with Gasteiger partial charge in [-0.3, -0.25) is 4.79 Å². The summed E-state index contributed by atoms with van der Waals surface area (Å²) < 4.78 is 5.43. The SMILES string of the molecule is CC(C)OCCC(=O)N1CCC2CCC(C1)N2. The van der Waals surface area contributed by atoms with E-state index in [0.717, 1.165) is 19.5 Å². The van der Waals surface area contributed by atoms with Crippen LogP contribution in [0.4, 0.5) is 0 Å². The lowest BCUT2D eigenvalue weighted by Crippen LogP contribution is -2.39. The number of hydrogen-bond acceptors (Lipinski definition) is 3. The molecule has 2 atom stereocenters. The molecule has 2 aliphatic rings. The molecule has 0 spiro atoms. The highest BCUT2D eigenvalue weighted by atomic mass is 16.5. The standard InChI is InChI=1S/C13H24N2O2/c1-10(2)17-8-6-13(16)15-7-5-11-3-4-12(9-15)14-11/h10-12,14H,3-9H2,1-2H3. The van der Waals surface area contributed by atoms with Crippen molar-refractivity contribution in [3.05, 3.63) is 0 Å². The van der Waals surface area contributed by atoms with Crippen LogP contribution in [0.1, 0.15) is 39.5 Å². The molecule has 4 heteroatoms. The molecule has 2 bridgehead atoms. The normalized spacial score (nSPS) is 28.5. The summed E-state index contributed by atoms with van der Waals surface area (Å²) in [4.78, 5) is 14.0. The molecule has 4 nitrogen and oxygen atoms in total. The van der Waals surface area contributed by atoms with Crippen LogP contribution in [0.2, 0.25) is 0 Å². The highest BCUT2D eigenvalue weighted by Gasteiger charge is 2.30. The quantitative estimate of drug-likeness (QED) is 0.801. The van der Waals surface area contributed by atoms with Crippen LogP contribution in [0, 0.1) is 0 Å². The van der Waals surface area contributed by atoms with Gasteiger partial charge in [0.15, 0.2) is 0 Å². The monoisotopic (exact) mass is 240 g/mol. The van der Waals surface area contributed by atoms with Crippen molar-refractivity contribution in [3.8, 4) is 0 Å². The minimum absolute atomic E-state index is 0.213. The fraction of sp³-hybridized carbons (Fsp3) is 0.923. The Bertz CT molecular complexity index is 268. The molecular formula is C13H24N2O2. The zero-order chi connectivity index (χ0) is 12.3. The van der Waals surface area contributed by atoms with E-state index in [2.05, 4.69) is 5.32 Å². The summed E-state index contributed by atoms with van der Waals surface area (Å²) in [6, 6.07) is 1.17. The molecule has 2 aliphatic heterocycles. The lowest BCUT2D eigenvalue weighted by molar-refractivity contribution is -0.132. The number of likely N-dealkylation sites (tertiary alicyclic amines) is 1. The average Bonchev–Trinajstić information content (AvgIpc) is 2.57. The molecule has 0 aromatic heterocycles. The van der Waals surface area contributed by atoms with Gasteiger partial charge in [0.1, 0.15) is 0 Å². The maximum absolute atomic E-state index is 12.0. The van der Waals surface area contributed by atoms with E-state index in [1.807, 2.05) is 18.7 Å². The second-order valence-corrected chi connectivity index (χ2v) is 5.44. The van der Waals surface area contributed by atoms with Crippen LogP contribution < -0.4 is 5.32 Å². The Kier molecular flexibility index (Phi) is 4.40. The summed E-state index contributed by atoms with van der Waals surface area (Å²) >= 11 is 0. The Morgan fingerprint density at radius 3 is 2.88 bits per heavy atom. The molecule has 17 heavy (non-hydrogen) atoms. The van der Waals surface area contributed by atoms with E-state index in [1.54, 1.807) is 0 Å². The first-order valence-electron chi connectivity index (χ1n) is 6.80. The maximum atomic E-state index is 12.0. The molecular weight excluding hydrogens is 216 g/mol. The van der Waals surface area contributed by atoms with Crippen LogP contribution >= 0.6 is 0 Å². The Morgan fingerprint density at radius 1 is 1.35 bits per heavy atom. The van der Waals surface area contributed by atoms with Crippen molar-refractivity contribution in [2.75, 3.05) is 19.7 Å². The first-order valence-corrected chi connectivity index (χ1v) is 6.80. The van der Waals surface area contributed by atoms with E-state index in [0.29, 0.717) is 25.1 Å². The minimum Gasteiger partial charge on any atom is -0.378 e. The van der Waals surface area contributed by atoms with Gasteiger partial charge < -0.3 is 15.0 Å². The average molecular weight is 240 g/mol. The lowest BCUT2D eigenvalue weighted by atomic mass is 10.1. The fourth-order valence-corrected chi connectivity index (χ4v) is 2.71. The van der Waals surface area contributed by atoms with Crippen molar-refractivity contribution in [1.29, 1.82) is 0 Å². The molecule has 0 aliphatic carbocycles. The third-order valence-corrected chi connectivity index (χ3v) is 3.64. The van der Waals surface area contributed by atoms with E-state index < -0.39 is 0 Å². The Balaban J connectivity index is 1.75. The van der Waals surface area contributed by atoms with Gasteiger partial charge in [-0.1, -0.05) is 0 Å². The van der Waals surface area contributed by atoms with Crippen LogP contribution in [0.25, 0.3) is 0 Å². The van der Waals surface area contributed by atoms with Gasteiger partial charge >= 0.3 is 0 Å². The molecule has 0 aromatic carbocycles. The Hall–Kier alpha value is -0.610. The predicted molar refractivity (Wildman–Crippen MR) is 66.8 cm³/mol. The molecule has 98 valence electrons. The zero-order valence-corrected chi connectivity index (χ0v) is 10.9. The van der Waals surface area contributed by atoms with Crippen LogP contribution in [0.3, 0.4) is 0 Å². The number of carbonyl (C=O) groups excluding carboxylic acids is 1. The fourth-order valence-electron chi connectivity index (χ4n) is 2.71. The maximum Gasteiger partial charge on any atom is 0.224 e. The first-order chi connectivity index (χ1) is 8.15. The molecule has 1 amide bonds. The molecule has 2 rings (SSSR count). The second-order valence-electron chi connectivity index (χ2n) is 5.44. The second kappa shape index (κ2) is 5.83. The predicted octanol–water partition coefficient (Wildman–Crippen LogP) is 1.15. The van der Waals surface area contributed by atoms with Crippen LogP contribution in [-0.2, 0) is 9.53 Å². The molecule has 0 radical (unpaired) electrons. The number of hydrogen-bond donors (Lipinski definition) is 1. The Labute approximate surface area is 104 Å². The third kappa shape index (κ3) is 3.68. The molecule has 1 N–H and O–H groups in total. The minimum atomic E-state index is 0.213. The number of ether oxygens (including phenoxy) is 1. The van der Waals surface area contributed by atoms with Crippen molar-refractivity contribution in [2.24, 2.45) is 0 Å². The number of nitrogens with one attached hydrogen (secondary N) is 1. The van der Waals surface area contributed by atoms with Gasteiger partial charge in [-0.05, 0) is 33.1 Å². The number of fused-ring (bicyclic) bond motifs is 2. The van der Waals surface area contributed by atoms with Gasteiger partial charge in [-0.2, -0.15) is 0 Å². The summed E-state index contributed by atoms with van der Waals surface area (Å²) in [6.07, 6.45) is 4.34. The molecule has 2 unspecified atom stereocenters. The van der Waals surface area contributed by atoms with Gasteiger partial charge in [0.05, 0.1) is 19.1 Å². The summed E-state index contributed by atoms with van der Waals surface area (Å²) in [7, 11) is 0. The largest absolute Gasteiger partial charge is 0.378 e. The molecule has 2 heterocycles. The van der Waals surface area contributed by atoms with Crippen molar-refractivity contribution in [1.82, 2.24) is 10.2 Å². The summed E-state index contributed by atoms with van der Waals surface area (Å²) in [5.41, 5.74) is 0. The molecule has 0 aromatic rings. The summed E-state index contributed by atoms with van der Waals surface area (Å²) in [6.45, 7) is 6.35. The van der Waals surface area contributed by atoms with Crippen molar-refractivity contribution < 1.29 is 9.53 Å². The number of nitrogens with zero attached hydrogens (tertiary/aromatic N) is 1. The van der Waals surface area contributed by atoms with Gasteiger partial charge in [-0.15, -0.1) is 0 Å². The van der Waals surface area contributed by atoms with Crippen LogP contribution in [0.15, 0.2) is 0 Å². The third-order valence-electron chi connectivity index (χ3n) is 3.64. The molecule has 2 saturated heterocycles. The van der Waals surface area contributed by atoms with Gasteiger partial charge in [0.25, 0.3) is 0 Å². The van der Waals surface area contributed by atoms with Crippen molar-refractivity contribution >= 4 is 5.91 Å². The van der Waals surface area contributed by atoms with E-state index in [-0.39, 0.29) is 12.0 Å². The van der Waals surface area contributed by atoms with Crippen LogP contribution in [-0.4, -0.2) is 48.7 Å². The topological polar surface area (TPSA) is 41.6 Å². The van der Waals surface area contributed by atoms with E-state index in [4.69, 9.17) is 4.74 Å². The summed E-state index contributed by atoms with van der Waals surface area (Å²) in [5.74, 6) is 0.250. The molecule has 0 saturated carbocycles. The number of carbonyl (C=O) groups is 1.